The van der Waals surface area contributed by atoms with Gasteiger partial charge in [0.15, 0.2) is 0 Å². The summed E-state index contributed by atoms with van der Waals surface area (Å²) >= 11 is 0. The van der Waals surface area contributed by atoms with Crippen molar-refractivity contribution in [3.63, 3.8) is 0 Å². The first-order chi connectivity index (χ1) is 8.60. The monoisotopic (exact) mass is 249 g/mol. The van der Waals surface area contributed by atoms with E-state index in [1.54, 1.807) is 7.11 Å². The van der Waals surface area contributed by atoms with E-state index in [1.807, 2.05) is 18.2 Å². The van der Waals surface area contributed by atoms with Crippen LogP contribution in [0.2, 0.25) is 0 Å². The summed E-state index contributed by atoms with van der Waals surface area (Å²) in [6.07, 6.45) is 0.848. The van der Waals surface area contributed by atoms with Crippen LogP contribution in [0.3, 0.4) is 0 Å². The molecule has 1 atom stereocenters. The van der Waals surface area contributed by atoms with Crippen molar-refractivity contribution in [3.8, 4) is 5.75 Å². The SMILES string of the molecule is COc1ccc(CN2CCC(C(N)=O)C2)cc1N. The molecule has 0 saturated carbocycles. The number of amides is 1. The second-order valence-electron chi connectivity index (χ2n) is 4.70. The van der Waals surface area contributed by atoms with E-state index in [1.165, 1.54) is 0 Å². The smallest absolute Gasteiger partial charge is 0.221 e. The van der Waals surface area contributed by atoms with Gasteiger partial charge in [-0.25, -0.2) is 0 Å². The van der Waals surface area contributed by atoms with Crippen molar-refractivity contribution in [2.75, 3.05) is 25.9 Å². The second kappa shape index (κ2) is 5.27. The van der Waals surface area contributed by atoms with Crippen LogP contribution in [0.1, 0.15) is 12.0 Å². The number of benzene rings is 1. The van der Waals surface area contributed by atoms with Crippen molar-refractivity contribution in [1.82, 2.24) is 4.90 Å². The van der Waals surface area contributed by atoms with Crippen LogP contribution in [0, 0.1) is 5.92 Å². The molecule has 98 valence electrons. The molecule has 1 aliphatic rings. The lowest BCUT2D eigenvalue weighted by Crippen LogP contribution is -2.27. The summed E-state index contributed by atoms with van der Waals surface area (Å²) in [4.78, 5) is 13.3. The molecule has 2 rings (SSSR count). The predicted molar refractivity (Wildman–Crippen MR) is 70.0 cm³/mol. The number of hydrogen-bond acceptors (Lipinski definition) is 4. The molecule has 1 amide bonds. The predicted octanol–water partition coefficient (Wildman–Crippen LogP) is 0.585. The average Bonchev–Trinajstić information content (AvgIpc) is 2.78. The maximum Gasteiger partial charge on any atom is 0.221 e. The fourth-order valence-corrected chi connectivity index (χ4v) is 2.35. The van der Waals surface area contributed by atoms with E-state index < -0.39 is 0 Å². The van der Waals surface area contributed by atoms with Gasteiger partial charge < -0.3 is 16.2 Å². The normalized spacial score (nSPS) is 19.9. The van der Waals surface area contributed by atoms with Crippen LogP contribution in [0.5, 0.6) is 5.75 Å². The summed E-state index contributed by atoms with van der Waals surface area (Å²) in [5.74, 6) is 0.475. The van der Waals surface area contributed by atoms with Crippen LogP contribution in [-0.4, -0.2) is 31.0 Å². The molecule has 1 aromatic carbocycles. The molecule has 0 aromatic heterocycles. The zero-order chi connectivity index (χ0) is 13.1. The number of primary amides is 1. The highest BCUT2D eigenvalue weighted by Gasteiger charge is 2.26. The van der Waals surface area contributed by atoms with E-state index in [9.17, 15) is 4.79 Å². The van der Waals surface area contributed by atoms with E-state index in [-0.39, 0.29) is 11.8 Å². The minimum atomic E-state index is -0.202. The highest BCUT2D eigenvalue weighted by molar-refractivity contribution is 5.77. The zero-order valence-electron chi connectivity index (χ0n) is 10.6. The van der Waals surface area contributed by atoms with Gasteiger partial charge in [0.25, 0.3) is 0 Å². The van der Waals surface area contributed by atoms with Crippen molar-refractivity contribution >= 4 is 11.6 Å². The molecular formula is C13H19N3O2. The highest BCUT2D eigenvalue weighted by Crippen LogP contribution is 2.24. The first kappa shape index (κ1) is 12.7. The number of hydrogen-bond donors (Lipinski definition) is 2. The molecule has 5 nitrogen and oxygen atoms in total. The fraction of sp³-hybridized carbons (Fsp3) is 0.462. The van der Waals surface area contributed by atoms with Gasteiger partial charge in [0, 0.05) is 13.1 Å². The van der Waals surface area contributed by atoms with Crippen LogP contribution in [0.25, 0.3) is 0 Å². The molecule has 1 aromatic rings. The van der Waals surface area contributed by atoms with Crippen molar-refractivity contribution in [2.45, 2.75) is 13.0 Å². The fourth-order valence-electron chi connectivity index (χ4n) is 2.35. The number of likely N-dealkylation sites (tertiary alicyclic amines) is 1. The largest absolute Gasteiger partial charge is 0.495 e. The third-order valence-electron chi connectivity index (χ3n) is 3.38. The minimum Gasteiger partial charge on any atom is -0.495 e. The Balaban J connectivity index is 1.98. The maximum absolute atomic E-state index is 11.1. The van der Waals surface area contributed by atoms with E-state index in [0.29, 0.717) is 11.4 Å². The van der Waals surface area contributed by atoms with Crippen molar-refractivity contribution in [2.24, 2.45) is 11.7 Å². The van der Waals surface area contributed by atoms with Crippen LogP contribution < -0.4 is 16.2 Å². The van der Waals surface area contributed by atoms with E-state index in [0.717, 1.165) is 31.6 Å². The number of nitrogens with two attached hydrogens (primary N) is 2. The molecule has 0 aliphatic carbocycles. The Morgan fingerprint density at radius 2 is 2.33 bits per heavy atom. The topological polar surface area (TPSA) is 81.6 Å². The van der Waals surface area contributed by atoms with E-state index in [4.69, 9.17) is 16.2 Å². The Hall–Kier alpha value is -1.75. The van der Waals surface area contributed by atoms with Crippen molar-refractivity contribution in [3.05, 3.63) is 23.8 Å². The molecule has 1 fully saturated rings. The van der Waals surface area contributed by atoms with Gasteiger partial charge in [-0.05, 0) is 30.7 Å². The van der Waals surface area contributed by atoms with Crippen LogP contribution in [0.4, 0.5) is 5.69 Å². The van der Waals surface area contributed by atoms with Gasteiger partial charge in [0.1, 0.15) is 5.75 Å². The summed E-state index contributed by atoms with van der Waals surface area (Å²) < 4.78 is 5.12. The number of ether oxygens (including phenoxy) is 1. The highest BCUT2D eigenvalue weighted by atomic mass is 16.5. The molecule has 0 spiro atoms. The molecule has 1 unspecified atom stereocenters. The zero-order valence-corrected chi connectivity index (χ0v) is 10.6. The number of rotatable bonds is 4. The molecule has 1 aliphatic heterocycles. The van der Waals surface area contributed by atoms with Gasteiger partial charge in [-0.2, -0.15) is 0 Å². The Bertz CT molecular complexity index is 448. The Morgan fingerprint density at radius 3 is 2.89 bits per heavy atom. The molecule has 1 heterocycles. The summed E-state index contributed by atoms with van der Waals surface area (Å²) in [7, 11) is 1.60. The Morgan fingerprint density at radius 1 is 1.56 bits per heavy atom. The lowest BCUT2D eigenvalue weighted by Gasteiger charge is -2.16. The molecule has 18 heavy (non-hydrogen) atoms. The number of methoxy groups -OCH3 is 1. The average molecular weight is 249 g/mol. The molecule has 4 N–H and O–H groups in total. The van der Waals surface area contributed by atoms with Gasteiger partial charge in [-0.3, -0.25) is 9.69 Å². The summed E-state index contributed by atoms with van der Waals surface area (Å²) in [6, 6.07) is 5.77. The van der Waals surface area contributed by atoms with Gasteiger partial charge in [-0.15, -0.1) is 0 Å². The lowest BCUT2D eigenvalue weighted by atomic mass is 10.1. The van der Waals surface area contributed by atoms with E-state index >= 15 is 0 Å². The van der Waals surface area contributed by atoms with Gasteiger partial charge in [-0.1, -0.05) is 6.07 Å². The van der Waals surface area contributed by atoms with Crippen molar-refractivity contribution in [1.29, 1.82) is 0 Å². The molecular weight excluding hydrogens is 230 g/mol. The van der Waals surface area contributed by atoms with Crippen molar-refractivity contribution < 1.29 is 9.53 Å². The summed E-state index contributed by atoms with van der Waals surface area (Å²) in [5, 5.41) is 0. The summed E-state index contributed by atoms with van der Waals surface area (Å²) in [6.45, 7) is 2.43. The second-order valence-corrected chi connectivity index (χ2v) is 4.70. The third kappa shape index (κ3) is 2.73. The number of nitrogen functional groups attached to an aromatic ring is 1. The van der Waals surface area contributed by atoms with Crippen LogP contribution >= 0.6 is 0 Å². The van der Waals surface area contributed by atoms with Gasteiger partial charge >= 0.3 is 0 Å². The molecule has 0 radical (unpaired) electrons. The molecule has 0 bridgehead atoms. The number of nitrogens with zero attached hydrogens (tertiary/aromatic N) is 1. The minimum absolute atomic E-state index is 0.0133. The third-order valence-corrected chi connectivity index (χ3v) is 3.38. The Kier molecular flexibility index (Phi) is 3.72. The van der Waals surface area contributed by atoms with E-state index in [2.05, 4.69) is 4.90 Å². The van der Waals surface area contributed by atoms with Gasteiger partial charge in [0.2, 0.25) is 5.91 Å². The summed E-state index contributed by atoms with van der Waals surface area (Å²) in [5.41, 5.74) is 12.9. The molecule has 5 heteroatoms. The van der Waals surface area contributed by atoms with Crippen LogP contribution in [0.15, 0.2) is 18.2 Å². The number of anilines is 1. The number of carbonyl (C=O) groups excluding carboxylic acids is 1. The molecule has 1 saturated heterocycles. The van der Waals surface area contributed by atoms with Crippen LogP contribution in [-0.2, 0) is 11.3 Å². The Labute approximate surface area is 107 Å². The van der Waals surface area contributed by atoms with Gasteiger partial charge in [0.05, 0.1) is 18.7 Å². The quantitative estimate of drug-likeness (QED) is 0.765. The number of carbonyl (C=O) groups is 1. The first-order valence-electron chi connectivity index (χ1n) is 6.04. The maximum atomic E-state index is 11.1. The standard InChI is InChI=1S/C13H19N3O2/c1-18-12-3-2-9(6-11(12)14)7-16-5-4-10(8-16)13(15)17/h2-3,6,10H,4-5,7-8,14H2,1H3,(H2,15,17). The lowest BCUT2D eigenvalue weighted by molar-refractivity contribution is -0.121. The first-order valence-corrected chi connectivity index (χ1v) is 6.04.